The zero-order valence-electron chi connectivity index (χ0n) is 8.20. The minimum Gasteiger partial charge on any atom is -0.394 e. The average molecular weight is 184 g/mol. The van der Waals surface area contributed by atoms with Crippen LogP contribution in [0.1, 0.15) is 26.5 Å². The van der Waals surface area contributed by atoms with Crippen molar-refractivity contribution in [2.75, 3.05) is 11.5 Å². The normalized spacial score (nSPS) is 12.0. The lowest BCUT2D eigenvalue weighted by Crippen LogP contribution is -2.25. The molecule has 0 saturated carbocycles. The van der Waals surface area contributed by atoms with Gasteiger partial charge in [-0.1, -0.05) is 0 Å². The van der Waals surface area contributed by atoms with Gasteiger partial charge in [-0.15, -0.1) is 0 Å². The van der Waals surface area contributed by atoms with E-state index in [1.54, 1.807) is 4.68 Å². The Morgan fingerprint density at radius 3 is 2.15 bits per heavy atom. The molecule has 0 aliphatic carbocycles. The molecule has 0 saturated heterocycles. The number of aliphatic hydroxyl groups excluding tert-OH is 1. The summed E-state index contributed by atoms with van der Waals surface area (Å²) in [5, 5.41) is 13.0. The molecule has 1 heterocycles. The second kappa shape index (κ2) is 2.92. The Morgan fingerprint density at radius 2 is 1.92 bits per heavy atom. The summed E-state index contributed by atoms with van der Waals surface area (Å²) in [6, 6.07) is 0. The number of hydrogen-bond acceptors (Lipinski definition) is 4. The minimum atomic E-state index is -0.217. The van der Waals surface area contributed by atoms with Crippen LogP contribution < -0.4 is 11.5 Å². The topological polar surface area (TPSA) is 90.1 Å². The second-order valence-electron chi connectivity index (χ2n) is 3.99. The predicted octanol–water partition coefficient (Wildman–Crippen LogP) is 0.295. The molecule has 0 bridgehead atoms. The molecular formula is C8H16N4O. The van der Waals surface area contributed by atoms with Crippen molar-refractivity contribution in [1.29, 1.82) is 0 Å². The van der Waals surface area contributed by atoms with Crippen molar-refractivity contribution in [3.63, 3.8) is 0 Å². The van der Waals surface area contributed by atoms with Crippen molar-refractivity contribution in [2.24, 2.45) is 0 Å². The molecule has 0 aliphatic heterocycles. The van der Waals surface area contributed by atoms with Crippen LogP contribution in [0.4, 0.5) is 11.5 Å². The fraction of sp³-hybridized carbons (Fsp3) is 0.625. The zero-order chi connectivity index (χ0) is 10.2. The number of aromatic nitrogens is 2. The largest absolute Gasteiger partial charge is 0.394 e. The molecule has 0 atom stereocenters. The van der Waals surface area contributed by atoms with E-state index in [0.29, 0.717) is 17.2 Å². The second-order valence-corrected chi connectivity index (χ2v) is 3.99. The molecule has 5 N–H and O–H groups in total. The highest BCUT2D eigenvalue weighted by atomic mass is 16.3. The lowest BCUT2D eigenvalue weighted by Gasteiger charge is -2.20. The van der Waals surface area contributed by atoms with Gasteiger partial charge in [-0.05, 0) is 20.8 Å². The first-order valence-corrected chi connectivity index (χ1v) is 4.12. The molecule has 1 rings (SSSR count). The Kier molecular flexibility index (Phi) is 2.21. The molecule has 13 heavy (non-hydrogen) atoms. The van der Waals surface area contributed by atoms with E-state index in [2.05, 4.69) is 5.10 Å². The maximum absolute atomic E-state index is 8.91. The summed E-state index contributed by atoms with van der Waals surface area (Å²) in [6.45, 7) is 5.73. The number of aliphatic hydroxyl groups is 1. The molecule has 0 aliphatic rings. The van der Waals surface area contributed by atoms with Gasteiger partial charge in [-0.3, -0.25) is 0 Å². The van der Waals surface area contributed by atoms with Gasteiger partial charge < -0.3 is 16.6 Å². The monoisotopic (exact) mass is 184 g/mol. The average Bonchev–Trinajstić information content (AvgIpc) is 2.28. The van der Waals surface area contributed by atoms with E-state index in [4.69, 9.17) is 16.6 Å². The van der Waals surface area contributed by atoms with Gasteiger partial charge in [0, 0.05) is 0 Å². The van der Waals surface area contributed by atoms with Crippen molar-refractivity contribution in [3.8, 4) is 0 Å². The van der Waals surface area contributed by atoms with Gasteiger partial charge in [0.25, 0.3) is 0 Å². The number of rotatable bonds is 1. The van der Waals surface area contributed by atoms with Gasteiger partial charge in [0.05, 0.1) is 12.1 Å². The first-order valence-electron chi connectivity index (χ1n) is 4.12. The summed E-state index contributed by atoms with van der Waals surface area (Å²) in [6.07, 6.45) is 0. The first-order chi connectivity index (χ1) is 5.88. The lowest BCUT2D eigenvalue weighted by molar-refractivity contribution is 0.271. The molecular weight excluding hydrogens is 168 g/mol. The Morgan fingerprint density at radius 1 is 1.38 bits per heavy atom. The Balaban J connectivity index is 3.25. The Labute approximate surface area is 77.3 Å². The number of nitrogens with two attached hydrogens (primary N) is 2. The molecule has 0 amide bonds. The third-order valence-electron chi connectivity index (χ3n) is 1.82. The van der Waals surface area contributed by atoms with Gasteiger partial charge in [0.15, 0.2) is 0 Å². The third kappa shape index (κ3) is 1.60. The highest BCUT2D eigenvalue weighted by molar-refractivity contribution is 5.62. The van der Waals surface area contributed by atoms with Crippen molar-refractivity contribution < 1.29 is 5.11 Å². The van der Waals surface area contributed by atoms with Crippen LogP contribution in [0.25, 0.3) is 0 Å². The summed E-state index contributed by atoms with van der Waals surface area (Å²) in [7, 11) is 0. The van der Waals surface area contributed by atoms with Crippen LogP contribution in [0.2, 0.25) is 0 Å². The summed E-state index contributed by atoms with van der Waals surface area (Å²) >= 11 is 0. The molecule has 1 aromatic rings. The van der Waals surface area contributed by atoms with Crippen LogP contribution >= 0.6 is 0 Å². The fourth-order valence-electron chi connectivity index (χ4n) is 1.12. The maximum atomic E-state index is 8.91. The van der Waals surface area contributed by atoms with Crippen molar-refractivity contribution in [3.05, 3.63) is 5.69 Å². The maximum Gasteiger partial charge on any atom is 0.146 e. The molecule has 5 nitrogen and oxygen atoms in total. The summed E-state index contributed by atoms with van der Waals surface area (Å²) < 4.78 is 1.62. The summed E-state index contributed by atoms with van der Waals surface area (Å²) in [4.78, 5) is 0. The molecule has 5 heteroatoms. The van der Waals surface area contributed by atoms with E-state index in [-0.39, 0.29) is 12.1 Å². The van der Waals surface area contributed by atoms with Crippen molar-refractivity contribution in [1.82, 2.24) is 9.78 Å². The Bertz CT molecular complexity index is 311. The van der Waals surface area contributed by atoms with Gasteiger partial charge in [-0.2, -0.15) is 5.10 Å². The van der Waals surface area contributed by atoms with Crippen LogP contribution in [0.3, 0.4) is 0 Å². The molecule has 0 spiro atoms. The smallest absolute Gasteiger partial charge is 0.146 e. The Hall–Kier alpha value is -1.23. The quantitative estimate of drug-likeness (QED) is 0.585. The summed E-state index contributed by atoms with van der Waals surface area (Å²) in [5.41, 5.74) is 12.0. The standard InChI is InChI=1S/C8H16N4O/c1-8(2,3)12-7(10)6(9)5(4-13)11-12/h13H,4,9-10H2,1-3H3. The highest BCUT2D eigenvalue weighted by Crippen LogP contribution is 2.25. The van der Waals surface area contributed by atoms with Gasteiger partial charge in [-0.25, -0.2) is 4.68 Å². The molecule has 1 aromatic heterocycles. The summed E-state index contributed by atoms with van der Waals surface area (Å²) in [5.74, 6) is 0.413. The van der Waals surface area contributed by atoms with E-state index < -0.39 is 0 Å². The van der Waals surface area contributed by atoms with E-state index >= 15 is 0 Å². The van der Waals surface area contributed by atoms with Gasteiger partial charge >= 0.3 is 0 Å². The highest BCUT2D eigenvalue weighted by Gasteiger charge is 2.21. The number of hydrogen-bond donors (Lipinski definition) is 3. The van der Waals surface area contributed by atoms with Crippen LogP contribution in [0.15, 0.2) is 0 Å². The van der Waals surface area contributed by atoms with Crippen LogP contribution in [0, 0.1) is 0 Å². The number of anilines is 2. The molecule has 0 aromatic carbocycles. The predicted molar refractivity (Wildman–Crippen MR) is 52.0 cm³/mol. The van der Waals surface area contributed by atoms with E-state index in [9.17, 15) is 0 Å². The van der Waals surface area contributed by atoms with Gasteiger partial charge in [0.2, 0.25) is 0 Å². The molecule has 0 unspecified atom stereocenters. The minimum absolute atomic E-state index is 0.181. The van der Waals surface area contributed by atoms with Crippen molar-refractivity contribution >= 4 is 11.5 Å². The van der Waals surface area contributed by atoms with E-state index in [1.807, 2.05) is 20.8 Å². The first kappa shape index (κ1) is 9.85. The van der Waals surface area contributed by atoms with Crippen LogP contribution in [-0.4, -0.2) is 14.9 Å². The van der Waals surface area contributed by atoms with Crippen LogP contribution in [0.5, 0.6) is 0 Å². The third-order valence-corrected chi connectivity index (χ3v) is 1.82. The number of nitrogen functional groups attached to an aromatic ring is 2. The fourth-order valence-corrected chi connectivity index (χ4v) is 1.12. The van der Waals surface area contributed by atoms with Gasteiger partial charge in [0.1, 0.15) is 17.2 Å². The molecule has 0 radical (unpaired) electrons. The van der Waals surface area contributed by atoms with Crippen molar-refractivity contribution in [2.45, 2.75) is 32.9 Å². The molecule has 74 valence electrons. The van der Waals surface area contributed by atoms with E-state index in [0.717, 1.165) is 0 Å². The lowest BCUT2D eigenvalue weighted by atomic mass is 10.1. The van der Waals surface area contributed by atoms with Crippen LogP contribution in [-0.2, 0) is 12.1 Å². The van der Waals surface area contributed by atoms with E-state index in [1.165, 1.54) is 0 Å². The SMILES string of the molecule is CC(C)(C)n1nc(CO)c(N)c1N. The zero-order valence-corrected chi connectivity index (χ0v) is 8.20. The molecule has 0 fully saturated rings. The number of nitrogens with zero attached hydrogens (tertiary/aromatic N) is 2.